The Hall–Kier alpha value is -3.26. The van der Waals surface area contributed by atoms with Crippen LogP contribution in [0.2, 0.25) is 0 Å². The normalized spacial score (nSPS) is 10.9. The Morgan fingerprint density at radius 2 is 2.04 bits per heavy atom. The van der Waals surface area contributed by atoms with Crippen LogP contribution in [0.5, 0.6) is 0 Å². The van der Waals surface area contributed by atoms with Crippen molar-refractivity contribution < 1.29 is 9.59 Å². The molecule has 2 heterocycles. The highest BCUT2D eigenvalue weighted by atomic mass is 32.1. The van der Waals surface area contributed by atoms with E-state index in [9.17, 15) is 9.59 Å². The third kappa shape index (κ3) is 4.89. The molecule has 138 valence electrons. The molecule has 3 aromatic rings. The number of carbonyl (C=O) groups excluding carboxylic acids is 2. The second-order valence-corrected chi connectivity index (χ2v) is 6.80. The molecule has 0 spiro atoms. The molecule has 0 atom stereocenters. The van der Waals surface area contributed by atoms with E-state index in [1.807, 2.05) is 55.1 Å². The fraction of sp³-hybridized carbons (Fsp3) is 0.158. The minimum atomic E-state index is -0.336. The zero-order valence-electron chi connectivity index (χ0n) is 15.0. The van der Waals surface area contributed by atoms with Gasteiger partial charge in [0.15, 0.2) is 11.0 Å². The van der Waals surface area contributed by atoms with Gasteiger partial charge in [-0.2, -0.15) is 0 Å². The summed E-state index contributed by atoms with van der Waals surface area (Å²) >= 11 is 1.35. The van der Waals surface area contributed by atoms with Crippen LogP contribution in [0, 0.1) is 6.92 Å². The van der Waals surface area contributed by atoms with Crippen LogP contribution >= 0.6 is 11.3 Å². The molecular weight excluding hydrogens is 362 g/mol. The van der Waals surface area contributed by atoms with Crippen molar-refractivity contribution in [1.29, 1.82) is 0 Å². The second kappa shape index (κ2) is 8.41. The minimum absolute atomic E-state index is 0.131. The Bertz CT molecular complexity index is 975. The molecule has 0 aliphatic heterocycles. The van der Waals surface area contributed by atoms with Gasteiger partial charge in [-0.05, 0) is 18.6 Å². The molecule has 27 heavy (non-hydrogen) atoms. The monoisotopic (exact) mass is 381 g/mol. The molecule has 0 unspecified atom stereocenters. The van der Waals surface area contributed by atoms with Gasteiger partial charge < -0.3 is 15.2 Å². The van der Waals surface area contributed by atoms with E-state index in [1.54, 1.807) is 12.3 Å². The zero-order chi connectivity index (χ0) is 19.2. The lowest BCUT2D eigenvalue weighted by atomic mass is 10.2. The standard InChI is InChI=1S/C19H19N5O2S/c1-13-17(18-20-10-11-24(18)2)27-19(22-13)23-16(26)12-21-15(25)9-8-14-6-4-3-5-7-14/h3-11H,12H2,1-2H3,(H,21,25)(H,22,23,26). The molecule has 0 aliphatic carbocycles. The number of amides is 2. The molecular formula is C19H19N5O2S. The average Bonchev–Trinajstić information content (AvgIpc) is 3.24. The first-order valence-electron chi connectivity index (χ1n) is 8.29. The van der Waals surface area contributed by atoms with Gasteiger partial charge in [0.1, 0.15) is 0 Å². The predicted octanol–water partition coefficient (Wildman–Crippen LogP) is 2.62. The first kappa shape index (κ1) is 18.5. The molecule has 0 saturated carbocycles. The molecule has 2 N–H and O–H groups in total. The molecule has 2 aromatic heterocycles. The van der Waals surface area contributed by atoms with Crippen LogP contribution in [0.4, 0.5) is 5.13 Å². The van der Waals surface area contributed by atoms with E-state index in [0.29, 0.717) is 5.13 Å². The first-order chi connectivity index (χ1) is 13.0. The molecule has 2 amide bonds. The fourth-order valence-electron chi connectivity index (χ4n) is 2.37. The number of hydrogen-bond acceptors (Lipinski definition) is 5. The average molecular weight is 381 g/mol. The van der Waals surface area contributed by atoms with E-state index in [2.05, 4.69) is 20.6 Å². The summed E-state index contributed by atoms with van der Waals surface area (Å²) in [7, 11) is 1.90. The van der Waals surface area contributed by atoms with Crippen LogP contribution in [0.25, 0.3) is 16.8 Å². The fourth-order valence-corrected chi connectivity index (χ4v) is 3.39. The Morgan fingerprint density at radius 1 is 1.26 bits per heavy atom. The van der Waals surface area contributed by atoms with E-state index in [0.717, 1.165) is 22.0 Å². The summed E-state index contributed by atoms with van der Waals surface area (Å²) in [5.74, 6) is 0.125. The predicted molar refractivity (Wildman–Crippen MR) is 106 cm³/mol. The number of anilines is 1. The van der Waals surface area contributed by atoms with Crippen LogP contribution in [-0.2, 0) is 16.6 Å². The van der Waals surface area contributed by atoms with Gasteiger partial charge >= 0.3 is 0 Å². The van der Waals surface area contributed by atoms with Crippen LogP contribution in [-0.4, -0.2) is 32.9 Å². The zero-order valence-corrected chi connectivity index (χ0v) is 15.8. The van der Waals surface area contributed by atoms with Crippen molar-refractivity contribution in [3.05, 3.63) is 60.1 Å². The number of aromatic nitrogens is 3. The number of carbonyl (C=O) groups is 2. The van der Waals surface area contributed by atoms with Crippen molar-refractivity contribution in [3.63, 3.8) is 0 Å². The number of aryl methyl sites for hydroxylation is 2. The van der Waals surface area contributed by atoms with E-state index >= 15 is 0 Å². The van der Waals surface area contributed by atoms with Gasteiger partial charge in [-0.1, -0.05) is 41.7 Å². The molecule has 7 nitrogen and oxygen atoms in total. The summed E-state index contributed by atoms with van der Waals surface area (Å²) in [5.41, 5.74) is 1.71. The van der Waals surface area contributed by atoms with Gasteiger partial charge in [0.05, 0.1) is 17.1 Å². The molecule has 0 bridgehead atoms. The van der Waals surface area contributed by atoms with E-state index < -0.39 is 0 Å². The first-order valence-corrected chi connectivity index (χ1v) is 9.10. The van der Waals surface area contributed by atoms with Crippen LogP contribution in [0.1, 0.15) is 11.3 Å². The lowest BCUT2D eigenvalue weighted by molar-refractivity contribution is -0.121. The maximum atomic E-state index is 12.1. The van der Waals surface area contributed by atoms with Gasteiger partial charge in [-0.25, -0.2) is 9.97 Å². The topological polar surface area (TPSA) is 88.9 Å². The quantitative estimate of drug-likeness (QED) is 0.643. The minimum Gasteiger partial charge on any atom is -0.343 e. The Kier molecular flexibility index (Phi) is 5.77. The maximum Gasteiger partial charge on any atom is 0.245 e. The van der Waals surface area contributed by atoms with Gasteiger partial charge in [0.2, 0.25) is 11.8 Å². The summed E-state index contributed by atoms with van der Waals surface area (Å²) < 4.78 is 1.89. The molecule has 1 aromatic carbocycles. The van der Waals surface area contributed by atoms with Gasteiger partial charge in [-0.3, -0.25) is 9.59 Å². The molecule has 0 saturated heterocycles. The lowest BCUT2D eigenvalue weighted by Gasteiger charge is -2.02. The molecule has 0 fully saturated rings. The molecule has 8 heteroatoms. The van der Waals surface area contributed by atoms with Crippen molar-refractivity contribution in [2.24, 2.45) is 7.05 Å². The largest absolute Gasteiger partial charge is 0.343 e. The van der Waals surface area contributed by atoms with Gasteiger partial charge in [0.25, 0.3) is 0 Å². The van der Waals surface area contributed by atoms with E-state index in [1.165, 1.54) is 17.4 Å². The summed E-state index contributed by atoms with van der Waals surface area (Å²) in [6.07, 6.45) is 6.66. The summed E-state index contributed by atoms with van der Waals surface area (Å²) in [5, 5.41) is 5.74. The number of imidazole rings is 1. The molecule has 3 rings (SSSR count). The van der Waals surface area contributed by atoms with Crippen LogP contribution < -0.4 is 10.6 Å². The maximum absolute atomic E-state index is 12.1. The highest BCUT2D eigenvalue weighted by Gasteiger charge is 2.15. The lowest BCUT2D eigenvalue weighted by Crippen LogP contribution is -2.31. The van der Waals surface area contributed by atoms with Crippen molar-refractivity contribution in [3.8, 4) is 10.7 Å². The highest BCUT2D eigenvalue weighted by Crippen LogP contribution is 2.31. The number of nitrogens with zero attached hydrogens (tertiary/aromatic N) is 3. The highest BCUT2D eigenvalue weighted by molar-refractivity contribution is 7.19. The van der Waals surface area contributed by atoms with Crippen LogP contribution in [0.3, 0.4) is 0 Å². The number of rotatable bonds is 6. The SMILES string of the molecule is Cc1nc(NC(=O)CNC(=O)C=Cc2ccccc2)sc1-c1nccn1C. The Morgan fingerprint density at radius 3 is 2.74 bits per heavy atom. The smallest absolute Gasteiger partial charge is 0.245 e. The van der Waals surface area contributed by atoms with Gasteiger partial charge in [0, 0.05) is 25.5 Å². The van der Waals surface area contributed by atoms with Crippen molar-refractivity contribution in [2.45, 2.75) is 6.92 Å². The number of nitrogens with one attached hydrogen (secondary N) is 2. The number of hydrogen-bond donors (Lipinski definition) is 2. The Balaban J connectivity index is 1.53. The van der Waals surface area contributed by atoms with Gasteiger partial charge in [-0.15, -0.1) is 0 Å². The summed E-state index contributed by atoms with van der Waals surface area (Å²) in [6.45, 7) is 1.74. The third-order valence-corrected chi connectivity index (χ3v) is 4.79. The summed E-state index contributed by atoms with van der Waals surface area (Å²) in [4.78, 5) is 33.4. The van der Waals surface area contributed by atoms with E-state index in [4.69, 9.17) is 0 Å². The second-order valence-electron chi connectivity index (χ2n) is 5.81. The third-order valence-electron chi connectivity index (χ3n) is 3.72. The molecule has 0 radical (unpaired) electrons. The number of benzene rings is 1. The summed E-state index contributed by atoms with van der Waals surface area (Å²) in [6, 6.07) is 9.46. The molecule has 0 aliphatic rings. The van der Waals surface area contributed by atoms with Crippen molar-refractivity contribution in [2.75, 3.05) is 11.9 Å². The number of thiazole rings is 1. The van der Waals surface area contributed by atoms with Crippen molar-refractivity contribution in [1.82, 2.24) is 19.9 Å². The van der Waals surface area contributed by atoms with E-state index in [-0.39, 0.29) is 18.4 Å². The van der Waals surface area contributed by atoms with Crippen LogP contribution in [0.15, 0.2) is 48.8 Å². The Labute approximate surface area is 160 Å². The van der Waals surface area contributed by atoms with Crippen molar-refractivity contribution >= 4 is 34.4 Å².